The van der Waals surface area contributed by atoms with Crippen LogP contribution in [0.1, 0.15) is 27.7 Å². The van der Waals surface area contributed by atoms with Crippen molar-refractivity contribution in [2.75, 3.05) is 17.2 Å². The molecule has 0 aliphatic carbocycles. The number of anilines is 3. The van der Waals surface area contributed by atoms with Gasteiger partial charge in [-0.05, 0) is 29.8 Å². The van der Waals surface area contributed by atoms with Gasteiger partial charge in [0.15, 0.2) is 0 Å². The Morgan fingerprint density at radius 2 is 1.89 bits per heavy atom. The van der Waals surface area contributed by atoms with Crippen molar-refractivity contribution in [2.24, 2.45) is 0 Å². The summed E-state index contributed by atoms with van der Waals surface area (Å²) >= 11 is 0. The third-order valence-corrected chi connectivity index (χ3v) is 5.94. The smallest absolute Gasteiger partial charge is 0.263 e. The molecule has 5 heterocycles. The highest BCUT2D eigenvalue weighted by Gasteiger charge is 2.22. The molecule has 1 atom stereocenters. The van der Waals surface area contributed by atoms with Crippen LogP contribution in [-0.4, -0.2) is 47.7 Å². The quantitative estimate of drug-likeness (QED) is 0.244. The van der Waals surface area contributed by atoms with Gasteiger partial charge in [-0.3, -0.25) is 9.78 Å². The first kappa shape index (κ1) is 23.2. The van der Waals surface area contributed by atoms with Gasteiger partial charge in [-0.2, -0.15) is 9.97 Å². The molecule has 0 bridgehead atoms. The SMILES string of the molecule is O=C1NCc2nc(Nc3ncc(-c4nc(-c5cccnc5)no4)c(N[C@H](CO)c4ccccc4)n3)ccc21. The molecule has 188 valence electrons. The van der Waals surface area contributed by atoms with Crippen molar-refractivity contribution in [1.29, 1.82) is 0 Å². The van der Waals surface area contributed by atoms with Crippen LogP contribution in [0.5, 0.6) is 0 Å². The predicted octanol–water partition coefficient (Wildman–Crippen LogP) is 3.12. The third-order valence-electron chi connectivity index (χ3n) is 5.94. The van der Waals surface area contributed by atoms with E-state index in [2.05, 4.69) is 46.0 Å². The van der Waals surface area contributed by atoms with Crippen LogP contribution in [0.3, 0.4) is 0 Å². The lowest BCUT2D eigenvalue weighted by atomic mass is 10.1. The highest BCUT2D eigenvalue weighted by atomic mass is 16.5. The molecule has 0 spiro atoms. The minimum Gasteiger partial charge on any atom is -0.394 e. The van der Waals surface area contributed by atoms with Crippen molar-refractivity contribution < 1.29 is 14.4 Å². The van der Waals surface area contributed by atoms with E-state index < -0.39 is 6.04 Å². The number of aliphatic hydroxyl groups is 1. The zero-order valence-corrected chi connectivity index (χ0v) is 19.9. The molecule has 6 rings (SSSR count). The van der Waals surface area contributed by atoms with Crippen LogP contribution in [0.4, 0.5) is 17.6 Å². The monoisotopic (exact) mass is 507 g/mol. The van der Waals surface area contributed by atoms with Crippen molar-refractivity contribution in [3.8, 4) is 22.8 Å². The van der Waals surface area contributed by atoms with E-state index in [9.17, 15) is 9.90 Å². The molecule has 4 aromatic heterocycles. The van der Waals surface area contributed by atoms with Gasteiger partial charge in [0.25, 0.3) is 11.8 Å². The van der Waals surface area contributed by atoms with Gasteiger partial charge < -0.3 is 25.6 Å². The number of rotatable bonds is 8. The molecule has 1 amide bonds. The summed E-state index contributed by atoms with van der Waals surface area (Å²) in [6.07, 6.45) is 4.85. The Balaban J connectivity index is 1.35. The Morgan fingerprint density at radius 3 is 2.71 bits per heavy atom. The molecule has 4 N–H and O–H groups in total. The predicted molar refractivity (Wildman–Crippen MR) is 137 cm³/mol. The van der Waals surface area contributed by atoms with Crippen molar-refractivity contribution >= 4 is 23.5 Å². The summed E-state index contributed by atoms with van der Waals surface area (Å²) in [4.78, 5) is 34.0. The average molecular weight is 508 g/mol. The van der Waals surface area contributed by atoms with E-state index in [1.54, 1.807) is 36.8 Å². The molecule has 1 aromatic carbocycles. The van der Waals surface area contributed by atoms with Gasteiger partial charge in [0.1, 0.15) is 17.2 Å². The summed E-state index contributed by atoms with van der Waals surface area (Å²) in [6, 6.07) is 16.0. The Morgan fingerprint density at radius 1 is 1.00 bits per heavy atom. The summed E-state index contributed by atoms with van der Waals surface area (Å²) in [5, 5.41) is 23.3. The lowest BCUT2D eigenvalue weighted by Gasteiger charge is -2.19. The van der Waals surface area contributed by atoms with Crippen LogP contribution < -0.4 is 16.0 Å². The van der Waals surface area contributed by atoms with Gasteiger partial charge in [0.2, 0.25) is 11.8 Å². The van der Waals surface area contributed by atoms with Crippen molar-refractivity contribution in [3.63, 3.8) is 0 Å². The van der Waals surface area contributed by atoms with Crippen molar-refractivity contribution in [2.45, 2.75) is 12.6 Å². The van der Waals surface area contributed by atoms with Gasteiger partial charge in [-0.15, -0.1) is 0 Å². The molecule has 0 saturated carbocycles. The summed E-state index contributed by atoms with van der Waals surface area (Å²) in [6.45, 7) is 0.177. The minimum atomic E-state index is -0.464. The molecule has 38 heavy (non-hydrogen) atoms. The number of hydrogen-bond donors (Lipinski definition) is 4. The molecule has 5 aromatic rings. The lowest BCUT2D eigenvalue weighted by molar-refractivity contribution is 0.0965. The molecule has 0 unspecified atom stereocenters. The van der Waals surface area contributed by atoms with E-state index in [-0.39, 0.29) is 24.4 Å². The van der Waals surface area contributed by atoms with Gasteiger partial charge in [0, 0.05) is 24.2 Å². The molecular weight excluding hydrogens is 486 g/mol. The van der Waals surface area contributed by atoms with E-state index in [4.69, 9.17) is 4.52 Å². The number of aliphatic hydroxyl groups excluding tert-OH is 1. The first-order valence-corrected chi connectivity index (χ1v) is 11.8. The maximum Gasteiger partial charge on any atom is 0.263 e. The van der Waals surface area contributed by atoms with Crippen LogP contribution in [0.15, 0.2) is 77.7 Å². The minimum absolute atomic E-state index is 0.146. The molecule has 0 fully saturated rings. The first-order valence-electron chi connectivity index (χ1n) is 11.8. The second-order valence-corrected chi connectivity index (χ2v) is 8.41. The number of fused-ring (bicyclic) bond motifs is 1. The number of amides is 1. The average Bonchev–Trinajstić information content (AvgIpc) is 3.60. The number of nitrogens with zero attached hydrogens (tertiary/aromatic N) is 6. The van der Waals surface area contributed by atoms with Gasteiger partial charge in [-0.25, -0.2) is 9.97 Å². The van der Waals surface area contributed by atoms with Crippen LogP contribution in [0.25, 0.3) is 22.8 Å². The van der Waals surface area contributed by atoms with Crippen LogP contribution in [0.2, 0.25) is 0 Å². The number of carbonyl (C=O) groups excluding carboxylic acids is 1. The highest BCUT2D eigenvalue weighted by molar-refractivity contribution is 5.97. The Labute approximate surface area is 216 Å². The third kappa shape index (κ3) is 4.63. The Hall–Kier alpha value is -5.23. The molecule has 12 nitrogen and oxygen atoms in total. The van der Waals surface area contributed by atoms with Crippen molar-refractivity contribution in [3.05, 3.63) is 90.0 Å². The fourth-order valence-electron chi connectivity index (χ4n) is 4.02. The topological polar surface area (TPSA) is 164 Å². The van der Waals surface area contributed by atoms with Gasteiger partial charge >= 0.3 is 0 Å². The first-order chi connectivity index (χ1) is 18.7. The van der Waals surface area contributed by atoms with E-state index in [0.717, 1.165) is 5.56 Å². The van der Waals surface area contributed by atoms with E-state index in [1.165, 1.54) is 0 Å². The number of hydrogen-bond acceptors (Lipinski definition) is 11. The Bertz CT molecular complexity index is 1590. The summed E-state index contributed by atoms with van der Waals surface area (Å²) < 4.78 is 5.54. The number of benzene rings is 1. The molecule has 1 aliphatic heterocycles. The maximum atomic E-state index is 11.8. The number of nitrogens with one attached hydrogen (secondary N) is 3. The lowest BCUT2D eigenvalue weighted by Crippen LogP contribution is -2.17. The van der Waals surface area contributed by atoms with Crippen LogP contribution >= 0.6 is 0 Å². The second kappa shape index (κ2) is 10.0. The Kier molecular flexibility index (Phi) is 6.12. The molecule has 0 saturated heterocycles. The van der Waals surface area contributed by atoms with Gasteiger partial charge in [0.05, 0.1) is 30.5 Å². The van der Waals surface area contributed by atoms with Crippen molar-refractivity contribution in [1.82, 2.24) is 35.4 Å². The number of aromatic nitrogens is 6. The molecule has 12 heteroatoms. The zero-order valence-electron chi connectivity index (χ0n) is 19.9. The van der Waals surface area contributed by atoms with Crippen LogP contribution in [0, 0.1) is 0 Å². The summed E-state index contributed by atoms with van der Waals surface area (Å²) in [7, 11) is 0. The van der Waals surface area contributed by atoms with E-state index >= 15 is 0 Å². The zero-order chi connectivity index (χ0) is 25.9. The summed E-state index contributed by atoms with van der Waals surface area (Å²) in [5.74, 6) is 1.52. The fourth-order valence-corrected chi connectivity index (χ4v) is 4.02. The number of carbonyl (C=O) groups is 1. The maximum absolute atomic E-state index is 11.8. The highest BCUT2D eigenvalue weighted by Crippen LogP contribution is 2.31. The normalized spacial score (nSPS) is 13.0. The largest absolute Gasteiger partial charge is 0.394 e. The van der Waals surface area contributed by atoms with Crippen LogP contribution in [-0.2, 0) is 6.54 Å². The fraction of sp³-hybridized carbons (Fsp3) is 0.115. The van der Waals surface area contributed by atoms with E-state index in [1.807, 2.05) is 36.4 Å². The molecule has 1 aliphatic rings. The molecular formula is C26H21N9O3. The van der Waals surface area contributed by atoms with E-state index in [0.29, 0.717) is 46.4 Å². The molecule has 0 radical (unpaired) electrons. The van der Waals surface area contributed by atoms with Gasteiger partial charge in [-0.1, -0.05) is 35.5 Å². The number of pyridine rings is 2. The standard InChI is InChI=1S/C26H21N9O3/c36-14-20(15-5-2-1-3-6-15)31-23-18(25-33-22(35-38-25)16-7-4-10-27-11-16)12-29-26(34-23)32-21-9-8-17-19(30-21)13-28-24(17)37/h1-12,20,36H,13-14H2,(H,28,37)(H2,29,30,31,32,34)/t20-/m1/s1. The second-order valence-electron chi connectivity index (χ2n) is 8.41. The summed E-state index contributed by atoms with van der Waals surface area (Å²) in [5.41, 5.74) is 3.21.